The first-order valence-corrected chi connectivity index (χ1v) is 11.2. The lowest BCUT2D eigenvalue weighted by Gasteiger charge is -2.34. The van der Waals surface area contributed by atoms with Crippen LogP contribution >= 0.6 is 24.0 Å². The first-order valence-electron chi connectivity index (χ1n) is 11.2. The second-order valence-corrected chi connectivity index (χ2v) is 7.95. The van der Waals surface area contributed by atoms with E-state index in [9.17, 15) is 0 Å². The molecule has 2 aliphatic rings. The molecule has 31 heavy (non-hydrogen) atoms. The Balaban J connectivity index is 0.00000272. The van der Waals surface area contributed by atoms with Gasteiger partial charge in [0.1, 0.15) is 0 Å². The number of benzene rings is 1. The van der Waals surface area contributed by atoms with Crippen molar-refractivity contribution in [2.45, 2.75) is 51.4 Å². The lowest BCUT2D eigenvalue weighted by molar-refractivity contribution is -0.0367. The maximum Gasteiger partial charge on any atom is 0.194 e. The Hall–Kier alpha value is -1.65. The van der Waals surface area contributed by atoms with Crippen LogP contribution in [-0.4, -0.2) is 65.7 Å². The molecule has 4 rings (SSSR count). The molecular weight excluding hydrogens is 505 g/mol. The Morgan fingerprint density at radius 3 is 2.84 bits per heavy atom. The molecular formula is C23H34IN5O2. The molecule has 1 atom stereocenters. The number of rotatable bonds is 7. The molecule has 1 unspecified atom stereocenters. The van der Waals surface area contributed by atoms with E-state index in [2.05, 4.69) is 46.5 Å². The minimum atomic E-state index is 0. The van der Waals surface area contributed by atoms with Crippen molar-refractivity contribution >= 4 is 29.9 Å². The molecule has 2 saturated heterocycles. The smallest absolute Gasteiger partial charge is 0.194 e. The Morgan fingerprint density at radius 1 is 1.26 bits per heavy atom. The number of aromatic nitrogens is 2. The van der Waals surface area contributed by atoms with E-state index in [0.717, 1.165) is 63.8 Å². The summed E-state index contributed by atoms with van der Waals surface area (Å²) < 4.78 is 13.7. The minimum absolute atomic E-state index is 0. The number of guanidine groups is 1. The van der Waals surface area contributed by atoms with Crippen LogP contribution in [0.25, 0.3) is 5.69 Å². The second kappa shape index (κ2) is 12.4. The van der Waals surface area contributed by atoms with Gasteiger partial charge in [-0.05, 0) is 56.4 Å². The van der Waals surface area contributed by atoms with E-state index < -0.39 is 0 Å². The summed E-state index contributed by atoms with van der Waals surface area (Å²) in [4.78, 5) is 7.26. The van der Waals surface area contributed by atoms with Gasteiger partial charge in [-0.2, -0.15) is 5.10 Å². The summed E-state index contributed by atoms with van der Waals surface area (Å²) >= 11 is 0. The number of piperidine rings is 1. The molecule has 1 aromatic carbocycles. The van der Waals surface area contributed by atoms with Crippen LogP contribution in [0.15, 0.2) is 47.7 Å². The number of aliphatic imine (C=N–C) groups is 1. The SMILES string of the molecule is CCNC(=NCc1cccc(-n2cccn2)c1)N1CCC(OCC2CCCO2)CC1.I. The molecule has 2 fully saturated rings. The normalized spacial score (nSPS) is 20.0. The summed E-state index contributed by atoms with van der Waals surface area (Å²) in [5, 5.41) is 7.77. The van der Waals surface area contributed by atoms with E-state index in [4.69, 9.17) is 14.5 Å². The van der Waals surface area contributed by atoms with E-state index in [1.165, 1.54) is 12.0 Å². The molecule has 2 aromatic rings. The first kappa shape index (κ1) is 24.0. The lowest BCUT2D eigenvalue weighted by Crippen LogP contribution is -2.47. The van der Waals surface area contributed by atoms with Gasteiger partial charge in [-0.15, -0.1) is 24.0 Å². The molecule has 7 nitrogen and oxygen atoms in total. The van der Waals surface area contributed by atoms with Crippen LogP contribution in [0.3, 0.4) is 0 Å². The second-order valence-electron chi connectivity index (χ2n) is 7.95. The fourth-order valence-electron chi connectivity index (χ4n) is 4.06. The Kier molecular flexibility index (Phi) is 9.60. The van der Waals surface area contributed by atoms with Gasteiger partial charge < -0.3 is 19.7 Å². The van der Waals surface area contributed by atoms with Gasteiger partial charge in [-0.1, -0.05) is 12.1 Å². The fraction of sp³-hybridized carbons (Fsp3) is 0.565. The highest BCUT2D eigenvalue weighted by molar-refractivity contribution is 14.0. The molecule has 0 amide bonds. The van der Waals surface area contributed by atoms with E-state index in [1.54, 1.807) is 6.20 Å². The standard InChI is InChI=1S/C23H33N5O2.HI/c1-2-24-23(25-17-19-6-3-7-20(16-19)28-12-5-11-26-28)27-13-9-21(10-14-27)30-18-22-8-4-15-29-22;/h3,5-7,11-12,16,21-22H,2,4,8-10,13-15,17-18H2,1H3,(H,24,25);1H. The van der Waals surface area contributed by atoms with Crippen molar-refractivity contribution in [3.8, 4) is 5.69 Å². The van der Waals surface area contributed by atoms with Gasteiger partial charge in [0.15, 0.2) is 5.96 Å². The van der Waals surface area contributed by atoms with Gasteiger partial charge in [0.2, 0.25) is 0 Å². The molecule has 0 radical (unpaired) electrons. The third-order valence-corrected chi connectivity index (χ3v) is 5.71. The van der Waals surface area contributed by atoms with Crippen LogP contribution < -0.4 is 5.32 Å². The van der Waals surface area contributed by atoms with Crippen molar-refractivity contribution in [2.24, 2.45) is 4.99 Å². The fourth-order valence-corrected chi connectivity index (χ4v) is 4.06. The predicted molar refractivity (Wildman–Crippen MR) is 133 cm³/mol. The highest BCUT2D eigenvalue weighted by Gasteiger charge is 2.24. The summed E-state index contributed by atoms with van der Waals surface area (Å²) in [6.07, 6.45) is 8.76. The number of nitrogens with one attached hydrogen (secondary N) is 1. The average molecular weight is 539 g/mol. The van der Waals surface area contributed by atoms with Gasteiger partial charge in [-0.25, -0.2) is 9.67 Å². The molecule has 0 saturated carbocycles. The zero-order chi connectivity index (χ0) is 20.6. The van der Waals surface area contributed by atoms with Gasteiger partial charge in [0, 0.05) is 38.6 Å². The molecule has 0 bridgehead atoms. The van der Waals surface area contributed by atoms with Crippen molar-refractivity contribution in [2.75, 3.05) is 32.8 Å². The van der Waals surface area contributed by atoms with Gasteiger partial charge in [-0.3, -0.25) is 0 Å². The van der Waals surface area contributed by atoms with Crippen LogP contribution in [0.1, 0.15) is 38.2 Å². The van der Waals surface area contributed by atoms with Crippen LogP contribution in [0.4, 0.5) is 0 Å². The van der Waals surface area contributed by atoms with Gasteiger partial charge in [0.05, 0.1) is 31.0 Å². The number of hydrogen-bond acceptors (Lipinski definition) is 4. The number of likely N-dealkylation sites (tertiary alicyclic amines) is 1. The predicted octanol–water partition coefficient (Wildman–Crippen LogP) is 3.62. The zero-order valence-electron chi connectivity index (χ0n) is 18.3. The van der Waals surface area contributed by atoms with Crippen molar-refractivity contribution in [3.63, 3.8) is 0 Å². The molecule has 1 aromatic heterocycles. The third kappa shape index (κ3) is 6.92. The first-order chi connectivity index (χ1) is 14.8. The summed E-state index contributed by atoms with van der Waals surface area (Å²) in [5.74, 6) is 0.986. The summed E-state index contributed by atoms with van der Waals surface area (Å²) in [6, 6.07) is 10.3. The maximum atomic E-state index is 6.11. The summed E-state index contributed by atoms with van der Waals surface area (Å²) in [7, 11) is 0. The van der Waals surface area contributed by atoms with Crippen LogP contribution in [0, 0.1) is 0 Å². The van der Waals surface area contributed by atoms with E-state index in [-0.39, 0.29) is 24.0 Å². The monoisotopic (exact) mass is 539 g/mol. The molecule has 8 heteroatoms. The molecule has 2 aliphatic heterocycles. The molecule has 170 valence electrons. The van der Waals surface area contributed by atoms with Crippen LogP contribution in [0.2, 0.25) is 0 Å². The Labute approximate surface area is 202 Å². The number of halogens is 1. The quantitative estimate of drug-likeness (QED) is 0.331. The van der Waals surface area contributed by atoms with Crippen molar-refractivity contribution in [1.82, 2.24) is 20.0 Å². The minimum Gasteiger partial charge on any atom is -0.376 e. The van der Waals surface area contributed by atoms with E-state index >= 15 is 0 Å². The molecule has 0 aliphatic carbocycles. The highest BCUT2D eigenvalue weighted by Crippen LogP contribution is 2.18. The molecule has 1 N–H and O–H groups in total. The third-order valence-electron chi connectivity index (χ3n) is 5.71. The van der Waals surface area contributed by atoms with Crippen molar-refractivity contribution in [1.29, 1.82) is 0 Å². The topological polar surface area (TPSA) is 63.9 Å². The largest absolute Gasteiger partial charge is 0.376 e. The van der Waals surface area contributed by atoms with Crippen molar-refractivity contribution in [3.05, 3.63) is 48.3 Å². The highest BCUT2D eigenvalue weighted by atomic mass is 127. The number of hydrogen-bond donors (Lipinski definition) is 1. The Bertz CT molecular complexity index is 800. The van der Waals surface area contributed by atoms with Gasteiger partial charge in [0.25, 0.3) is 0 Å². The number of nitrogens with zero attached hydrogens (tertiary/aromatic N) is 4. The maximum absolute atomic E-state index is 6.11. The van der Waals surface area contributed by atoms with Crippen molar-refractivity contribution < 1.29 is 9.47 Å². The van der Waals surface area contributed by atoms with Crippen LogP contribution in [0.5, 0.6) is 0 Å². The van der Waals surface area contributed by atoms with Crippen LogP contribution in [-0.2, 0) is 16.0 Å². The lowest BCUT2D eigenvalue weighted by atomic mass is 10.1. The summed E-state index contributed by atoms with van der Waals surface area (Å²) in [6.45, 7) is 7.19. The number of ether oxygens (including phenoxy) is 2. The van der Waals surface area contributed by atoms with E-state index in [0.29, 0.717) is 18.8 Å². The molecule has 3 heterocycles. The van der Waals surface area contributed by atoms with Gasteiger partial charge >= 0.3 is 0 Å². The Morgan fingerprint density at radius 2 is 2.13 bits per heavy atom. The average Bonchev–Trinajstić information content (AvgIpc) is 3.50. The molecule has 0 spiro atoms. The zero-order valence-corrected chi connectivity index (χ0v) is 20.6. The van der Waals surface area contributed by atoms with E-state index in [1.807, 2.05) is 16.9 Å². The summed E-state index contributed by atoms with van der Waals surface area (Å²) in [5.41, 5.74) is 2.23.